The topological polar surface area (TPSA) is 75.6 Å². The molecule has 0 heterocycles. The molecule has 0 saturated heterocycles. The van der Waals surface area contributed by atoms with E-state index in [1.165, 1.54) is 6.07 Å². The number of carboxylic acids is 1. The van der Waals surface area contributed by atoms with Gasteiger partial charge in [-0.1, -0.05) is 42.5 Å². The molecule has 0 radical (unpaired) electrons. The van der Waals surface area contributed by atoms with Crippen LogP contribution in [-0.4, -0.2) is 22.8 Å². The second-order valence-corrected chi connectivity index (χ2v) is 6.03. The van der Waals surface area contributed by atoms with Crippen LogP contribution in [0.25, 0.3) is 11.1 Å². The number of aromatic carboxylic acids is 1. The maximum atomic E-state index is 12.1. The van der Waals surface area contributed by atoms with E-state index in [0.29, 0.717) is 5.56 Å². The van der Waals surface area contributed by atoms with Gasteiger partial charge in [0.05, 0.1) is 11.3 Å². The molecule has 1 amide bonds. The molecule has 5 nitrogen and oxygen atoms in total. The first kappa shape index (κ1) is 16.5. The summed E-state index contributed by atoms with van der Waals surface area (Å²) in [6, 6.07) is 14.1. The first-order valence-corrected chi connectivity index (χ1v) is 7.19. The summed E-state index contributed by atoms with van der Waals surface area (Å²) >= 11 is 0. The quantitative estimate of drug-likeness (QED) is 0.880. The maximum absolute atomic E-state index is 12.1. The number of rotatable bonds is 3. The van der Waals surface area contributed by atoms with Crippen LogP contribution in [0.2, 0.25) is 0 Å². The molecule has 0 aliphatic carbocycles. The van der Waals surface area contributed by atoms with E-state index >= 15 is 0 Å². The van der Waals surface area contributed by atoms with Crippen molar-refractivity contribution < 1.29 is 19.4 Å². The second-order valence-electron chi connectivity index (χ2n) is 6.03. The van der Waals surface area contributed by atoms with Crippen LogP contribution >= 0.6 is 0 Å². The van der Waals surface area contributed by atoms with Crippen molar-refractivity contribution in [1.29, 1.82) is 0 Å². The van der Waals surface area contributed by atoms with Crippen LogP contribution in [0.1, 0.15) is 31.1 Å². The monoisotopic (exact) mass is 313 g/mol. The summed E-state index contributed by atoms with van der Waals surface area (Å²) in [5.41, 5.74) is 0.991. The molecule has 0 spiro atoms. The Balaban J connectivity index is 2.47. The summed E-state index contributed by atoms with van der Waals surface area (Å²) in [4.78, 5) is 23.5. The summed E-state index contributed by atoms with van der Waals surface area (Å²) < 4.78 is 5.22. The van der Waals surface area contributed by atoms with Crippen LogP contribution in [-0.2, 0) is 4.74 Å². The molecule has 0 unspecified atom stereocenters. The highest BCUT2D eigenvalue weighted by Gasteiger charge is 2.21. The third-order valence-electron chi connectivity index (χ3n) is 3.01. The van der Waals surface area contributed by atoms with Gasteiger partial charge in [-0.3, -0.25) is 5.32 Å². The molecule has 2 N–H and O–H groups in total. The highest BCUT2D eigenvalue weighted by atomic mass is 16.6. The molecule has 0 bridgehead atoms. The van der Waals surface area contributed by atoms with E-state index in [1.807, 2.05) is 30.3 Å². The van der Waals surface area contributed by atoms with Gasteiger partial charge < -0.3 is 9.84 Å². The number of hydrogen-bond acceptors (Lipinski definition) is 3. The summed E-state index contributed by atoms with van der Waals surface area (Å²) in [5, 5.41) is 12.0. The van der Waals surface area contributed by atoms with Crippen LogP contribution in [0.3, 0.4) is 0 Å². The number of hydrogen-bond donors (Lipinski definition) is 2. The summed E-state index contributed by atoms with van der Waals surface area (Å²) in [7, 11) is 0. The van der Waals surface area contributed by atoms with Crippen LogP contribution in [0, 0.1) is 0 Å². The summed E-state index contributed by atoms with van der Waals surface area (Å²) in [6.07, 6.45) is -0.691. The Morgan fingerprint density at radius 2 is 1.65 bits per heavy atom. The molecule has 2 aromatic carbocycles. The predicted octanol–water partition coefficient (Wildman–Crippen LogP) is 4.40. The fourth-order valence-electron chi connectivity index (χ4n) is 2.13. The molecule has 0 aliphatic heterocycles. The number of carbonyl (C=O) groups excluding carboxylic acids is 1. The smallest absolute Gasteiger partial charge is 0.412 e. The number of anilines is 1. The zero-order valence-electron chi connectivity index (χ0n) is 13.3. The van der Waals surface area contributed by atoms with Gasteiger partial charge in [0.25, 0.3) is 0 Å². The van der Waals surface area contributed by atoms with Crippen molar-refractivity contribution in [3.8, 4) is 11.1 Å². The maximum Gasteiger partial charge on any atom is 0.412 e. The lowest BCUT2D eigenvalue weighted by molar-refractivity contribution is 0.0636. The summed E-state index contributed by atoms with van der Waals surface area (Å²) in [5.74, 6) is -1.12. The fourth-order valence-corrected chi connectivity index (χ4v) is 2.13. The Kier molecular flexibility index (Phi) is 4.69. The third-order valence-corrected chi connectivity index (χ3v) is 3.01. The molecule has 23 heavy (non-hydrogen) atoms. The Morgan fingerprint density at radius 1 is 1.00 bits per heavy atom. The Labute approximate surface area is 134 Å². The number of nitrogens with one attached hydrogen (secondary N) is 1. The van der Waals surface area contributed by atoms with Crippen LogP contribution in [0.4, 0.5) is 10.5 Å². The van der Waals surface area contributed by atoms with E-state index in [1.54, 1.807) is 32.9 Å². The van der Waals surface area contributed by atoms with Crippen LogP contribution in [0.5, 0.6) is 0 Å². The predicted molar refractivity (Wildman–Crippen MR) is 88.7 cm³/mol. The average molecular weight is 313 g/mol. The third kappa shape index (κ3) is 4.32. The van der Waals surface area contributed by atoms with E-state index in [-0.39, 0.29) is 11.3 Å². The molecule has 120 valence electrons. The first-order valence-electron chi connectivity index (χ1n) is 7.19. The normalized spacial score (nSPS) is 10.9. The van der Waals surface area contributed by atoms with Gasteiger partial charge in [0.2, 0.25) is 0 Å². The van der Waals surface area contributed by atoms with Crippen molar-refractivity contribution >= 4 is 17.7 Å². The molecule has 0 fully saturated rings. The van der Waals surface area contributed by atoms with Gasteiger partial charge >= 0.3 is 12.1 Å². The second kappa shape index (κ2) is 6.52. The Morgan fingerprint density at radius 3 is 2.22 bits per heavy atom. The number of benzene rings is 2. The molecule has 2 rings (SSSR count). The average Bonchev–Trinajstić information content (AvgIpc) is 2.46. The van der Waals surface area contributed by atoms with E-state index in [2.05, 4.69) is 5.32 Å². The molecule has 5 heteroatoms. The van der Waals surface area contributed by atoms with Gasteiger partial charge in [0.15, 0.2) is 0 Å². The zero-order chi connectivity index (χ0) is 17.0. The lowest BCUT2D eigenvalue weighted by Gasteiger charge is -2.21. The van der Waals surface area contributed by atoms with Crippen LogP contribution in [0.15, 0.2) is 48.5 Å². The van der Waals surface area contributed by atoms with Gasteiger partial charge in [-0.2, -0.15) is 0 Å². The number of ether oxygens (including phenoxy) is 1. The van der Waals surface area contributed by atoms with E-state index < -0.39 is 17.7 Å². The van der Waals surface area contributed by atoms with Gasteiger partial charge in [-0.05, 0) is 32.4 Å². The number of para-hydroxylation sites is 1. The van der Waals surface area contributed by atoms with Gasteiger partial charge in [0, 0.05) is 5.56 Å². The van der Waals surface area contributed by atoms with Crippen molar-refractivity contribution in [3.05, 3.63) is 54.1 Å². The van der Waals surface area contributed by atoms with Gasteiger partial charge in [-0.15, -0.1) is 0 Å². The van der Waals surface area contributed by atoms with Crippen molar-refractivity contribution in [2.75, 3.05) is 5.32 Å². The SMILES string of the molecule is CC(C)(C)OC(=O)Nc1c(C(=O)O)cccc1-c1ccccc1. The molecule has 0 aromatic heterocycles. The Bertz CT molecular complexity index is 718. The van der Waals surface area contributed by atoms with Crippen molar-refractivity contribution in [2.24, 2.45) is 0 Å². The van der Waals surface area contributed by atoms with Gasteiger partial charge in [0.1, 0.15) is 5.60 Å². The zero-order valence-corrected chi connectivity index (χ0v) is 13.3. The molecule has 0 aliphatic rings. The lowest BCUT2D eigenvalue weighted by atomic mass is 10.00. The number of carboxylic acid groups (broad SMARTS) is 1. The first-order chi connectivity index (χ1) is 10.8. The molecule has 2 aromatic rings. The summed E-state index contributed by atoms with van der Waals surface area (Å²) in [6.45, 7) is 5.23. The highest BCUT2D eigenvalue weighted by Crippen LogP contribution is 2.31. The van der Waals surface area contributed by atoms with E-state index in [9.17, 15) is 14.7 Å². The fraction of sp³-hybridized carbons (Fsp3) is 0.222. The van der Waals surface area contributed by atoms with E-state index in [4.69, 9.17) is 4.74 Å². The minimum atomic E-state index is -1.12. The van der Waals surface area contributed by atoms with Gasteiger partial charge in [-0.25, -0.2) is 9.59 Å². The standard InChI is InChI=1S/C18H19NO4/c1-18(2,3)23-17(22)19-15-13(12-8-5-4-6-9-12)10-7-11-14(15)16(20)21/h4-11H,1-3H3,(H,19,22)(H,20,21). The molecular weight excluding hydrogens is 294 g/mol. The Hall–Kier alpha value is -2.82. The van der Waals surface area contributed by atoms with Crippen LogP contribution < -0.4 is 5.32 Å². The highest BCUT2D eigenvalue weighted by molar-refractivity contribution is 6.03. The van der Waals surface area contributed by atoms with Crippen molar-refractivity contribution in [1.82, 2.24) is 0 Å². The number of carbonyl (C=O) groups is 2. The number of amides is 1. The largest absolute Gasteiger partial charge is 0.478 e. The van der Waals surface area contributed by atoms with Crippen molar-refractivity contribution in [3.63, 3.8) is 0 Å². The minimum absolute atomic E-state index is 0.0113. The van der Waals surface area contributed by atoms with E-state index in [0.717, 1.165) is 5.56 Å². The molecule has 0 saturated carbocycles. The van der Waals surface area contributed by atoms with Crippen molar-refractivity contribution in [2.45, 2.75) is 26.4 Å². The molecular formula is C18H19NO4. The minimum Gasteiger partial charge on any atom is -0.478 e. The molecule has 0 atom stereocenters. The lowest BCUT2D eigenvalue weighted by Crippen LogP contribution is -2.28.